The van der Waals surface area contributed by atoms with Gasteiger partial charge in [-0.1, -0.05) is 0 Å². The van der Waals surface area contributed by atoms with Crippen molar-refractivity contribution in [2.24, 2.45) is 0 Å². The highest BCUT2D eigenvalue weighted by Gasteiger charge is 2.33. The van der Waals surface area contributed by atoms with Gasteiger partial charge in [0.25, 0.3) is 6.47 Å². The van der Waals surface area contributed by atoms with E-state index in [4.69, 9.17) is 14.9 Å². The van der Waals surface area contributed by atoms with Crippen LogP contribution in [0.3, 0.4) is 0 Å². The zero-order valence-corrected chi connectivity index (χ0v) is 9.66. The fourth-order valence-corrected chi connectivity index (χ4v) is 1.15. The quantitative estimate of drug-likeness (QED) is 0.519. The molecule has 0 saturated heterocycles. The zero-order valence-electron chi connectivity index (χ0n) is 9.66. The number of aliphatic hydroxyl groups is 3. The standard InChI is InChI=1S/C10H19O6/c1-10(2,3)16-9(7(14)4-11)8(5-12)15-6-13/h4,6-9,11-12,14H,5H2,1-3H3/t7-,8?,9-/m0/s1. The second-order valence-electron chi connectivity index (χ2n) is 4.29. The zero-order chi connectivity index (χ0) is 12.8. The summed E-state index contributed by atoms with van der Waals surface area (Å²) in [5, 5.41) is 27.2. The Morgan fingerprint density at radius 3 is 2.25 bits per heavy atom. The van der Waals surface area contributed by atoms with E-state index in [0.29, 0.717) is 6.61 Å². The van der Waals surface area contributed by atoms with Gasteiger partial charge in [0.1, 0.15) is 18.8 Å². The second-order valence-corrected chi connectivity index (χ2v) is 4.29. The fourth-order valence-electron chi connectivity index (χ4n) is 1.15. The second kappa shape index (κ2) is 6.80. The summed E-state index contributed by atoms with van der Waals surface area (Å²) in [6.07, 6.45) is -3.41. The van der Waals surface area contributed by atoms with E-state index in [0.717, 1.165) is 0 Å². The van der Waals surface area contributed by atoms with Crippen molar-refractivity contribution in [1.29, 1.82) is 0 Å². The molecule has 0 heterocycles. The predicted molar refractivity (Wildman–Crippen MR) is 54.9 cm³/mol. The van der Waals surface area contributed by atoms with E-state index in [1.54, 1.807) is 20.8 Å². The molecule has 6 nitrogen and oxygen atoms in total. The molecule has 3 N–H and O–H groups in total. The first-order valence-corrected chi connectivity index (χ1v) is 4.89. The molecular weight excluding hydrogens is 216 g/mol. The van der Waals surface area contributed by atoms with Gasteiger partial charge in [0.15, 0.2) is 6.10 Å². The molecule has 6 heteroatoms. The maximum Gasteiger partial charge on any atom is 0.293 e. The van der Waals surface area contributed by atoms with Crippen molar-refractivity contribution in [1.82, 2.24) is 0 Å². The molecule has 0 saturated carbocycles. The summed E-state index contributed by atoms with van der Waals surface area (Å²) in [7, 11) is 0. The number of rotatable bonds is 7. The Balaban J connectivity index is 4.69. The molecule has 1 unspecified atom stereocenters. The Labute approximate surface area is 94.8 Å². The summed E-state index contributed by atoms with van der Waals surface area (Å²) < 4.78 is 9.99. The predicted octanol–water partition coefficient (Wildman–Crippen LogP) is -0.401. The van der Waals surface area contributed by atoms with Gasteiger partial charge in [-0.25, -0.2) is 0 Å². The maximum absolute atomic E-state index is 10.2. The average Bonchev–Trinajstić information content (AvgIpc) is 2.20. The van der Waals surface area contributed by atoms with Gasteiger partial charge in [-0.15, -0.1) is 0 Å². The Kier molecular flexibility index (Phi) is 6.51. The van der Waals surface area contributed by atoms with Crippen molar-refractivity contribution in [2.75, 3.05) is 6.61 Å². The minimum Gasteiger partial charge on any atom is -0.459 e. The molecule has 1 radical (unpaired) electrons. The van der Waals surface area contributed by atoms with Gasteiger partial charge in [0.2, 0.25) is 0 Å². The molecule has 0 aromatic carbocycles. The van der Waals surface area contributed by atoms with E-state index in [1.165, 1.54) is 0 Å². The van der Waals surface area contributed by atoms with Gasteiger partial charge in [-0.2, -0.15) is 0 Å². The average molecular weight is 235 g/mol. The minimum absolute atomic E-state index is 0.157. The van der Waals surface area contributed by atoms with Crippen molar-refractivity contribution >= 4 is 6.47 Å². The number of hydrogen-bond acceptors (Lipinski definition) is 6. The molecule has 0 aromatic heterocycles. The first-order chi connectivity index (χ1) is 7.35. The Bertz CT molecular complexity index is 200. The number of aliphatic hydroxyl groups excluding tert-OH is 3. The van der Waals surface area contributed by atoms with Gasteiger partial charge in [-0.3, -0.25) is 4.79 Å². The third-order valence-corrected chi connectivity index (χ3v) is 1.76. The Hall–Kier alpha value is -0.690. The highest BCUT2D eigenvalue weighted by atomic mass is 16.6. The molecule has 16 heavy (non-hydrogen) atoms. The van der Waals surface area contributed by atoms with Crippen LogP contribution in [0.4, 0.5) is 0 Å². The maximum atomic E-state index is 10.2. The summed E-state index contributed by atoms with van der Waals surface area (Å²) in [6.45, 7) is 5.37. The summed E-state index contributed by atoms with van der Waals surface area (Å²) >= 11 is 0. The van der Waals surface area contributed by atoms with E-state index in [2.05, 4.69) is 4.74 Å². The molecular formula is C10H19O6. The van der Waals surface area contributed by atoms with E-state index in [1.807, 2.05) is 0 Å². The van der Waals surface area contributed by atoms with Crippen molar-refractivity contribution in [3.63, 3.8) is 0 Å². The molecule has 0 amide bonds. The number of hydrogen-bond donors (Lipinski definition) is 3. The first-order valence-electron chi connectivity index (χ1n) is 4.89. The van der Waals surface area contributed by atoms with Crippen LogP contribution in [0.15, 0.2) is 0 Å². The normalized spacial score (nSPS) is 17.6. The Morgan fingerprint density at radius 2 is 1.94 bits per heavy atom. The van der Waals surface area contributed by atoms with Crippen molar-refractivity contribution in [3.8, 4) is 0 Å². The lowest BCUT2D eigenvalue weighted by Gasteiger charge is -2.33. The van der Waals surface area contributed by atoms with Crippen LogP contribution in [0.25, 0.3) is 0 Å². The molecule has 3 atom stereocenters. The van der Waals surface area contributed by atoms with Crippen molar-refractivity contribution < 1.29 is 29.6 Å². The van der Waals surface area contributed by atoms with Gasteiger partial charge in [0.05, 0.1) is 12.2 Å². The monoisotopic (exact) mass is 235 g/mol. The molecule has 0 aliphatic heterocycles. The highest BCUT2D eigenvalue weighted by molar-refractivity contribution is 5.37. The van der Waals surface area contributed by atoms with E-state index in [9.17, 15) is 9.90 Å². The van der Waals surface area contributed by atoms with Crippen LogP contribution in [0, 0.1) is 6.61 Å². The van der Waals surface area contributed by atoms with Crippen LogP contribution in [0.2, 0.25) is 0 Å². The molecule has 0 fully saturated rings. The fraction of sp³-hybridized carbons (Fsp3) is 0.800. The number of ether oxygens (including phenoxy) is 2. The lowest BCUT2D eigenvalue weighted by molar-refractivity contribution is -0.178. The summed E-state index contributed by atoms with van der Waals surface area (Å²) in [4.78, 5) is 10.2. The van der Waals surface area contributed by atoms with Gasteiger partial charge in [-0.05, 0) is 20.8 Å². The van der Waals surface area contributed by atoms with Crippen molar-refractivity contribution in [2.45, 2.75) is 44.7 Å². The molecule has 0 rings (SSSR count). The highest BCUT2D eigenvalue weighted by Crippen LogP contribution is 2.18. The van der Waals surface area contributed by atoms with Crippen LogP contribution in [0.5, 0.6) is 0 Å². The lowest BCUT2D eigenvalue weighted by Crippen LogP contribution is -2.47. The Morgan fingerprint density at radius 1 is 1.38 bits per heavy atom. The van der Waals surface area contributed by atoms with Gasteiger partial charge < -0.3 is 24.8 Å². The third-order valence-electron chi connectivity index (χ3n) is 1.76. The van der Waals surface area contributed by atoms with E-state index < -0.39 is 30.5 Å². The smallest absolute Gasteiger partial charge is 0.293 e. The van der Waals surface area contributed by atoms with Crippen LogP contribution in [-0.2, 0) is 14.3 Å². The van der Waals surface area contributed by atoms with E-state index in [-0.39, 0.29) is 6.47 Å². The van der Waals surface area contributed by atoms with Crippen LogP contribution < -0.4 is 0 Å². The lowest BCUT2D eigenvalue weighted by atomic mass is 10.1. The number of carbonyl (C=O) groups excluding carboxylic acids is 1. The molecule has 0 aromatic rings. The van der Waals surface area contributed by atoms with Gasteiger partial charge in [0, 0.05) is 0 Å². The molecule has 0 aliphatic carbocycles. The van der Waals surface area contributed by atoms with Crippen LogP contribution >= 0.6 is 0 Å². The topological polar surface area (TPSA) is 96.2 Å². The van der Waals surface area contributed by atoms with E-state index >= 15 is 0 Å². The molecule has 95 valence electrons. The van der Waals surface area contributed by atoms with Gasteiger partial charge >= 0.3 is 0 Å². The van der Waals surface area contributed by atoms with Crippen molar-refractivity contribution in [3.05, 3.63) is 6.61 Å². The van der Waals surface area contributed by atoms with Crippen LogP contribution in [-0.4, -0.2) is 52.3 Å². The SMILES string of the molecule is CC(C)(C)O[C@H](C(CO)OC=O)[C@@H](O)[CH]O. The molecule has 0 spiro atoms. The molecule has 0 aliphatic rings. The summed E-state index contributed by atoms with van der Waals surface area (Å²) in [5.41, 5.74) is -0.617. The minimum atomic E-state index is -1.35. The number of carbonyl (C=O) groups is 1. The third kappa shape index (κ3) is 5.41. The summed E-state index contributed by atoms with van der Waals surface area (Å²) in [6, 6.07) is 0. The van der Waals surface area contributed by atoms with Crippen LogP contribution in [0.1, 0.15) is 20.8 Å². The largest absolute Gasteiger partial charge is 0.459 e. The molecule has 0 bridgehead atoms. The first kappa shape index (κ1) is 15.3. The summed E-state index contributed by atoms with van der Waals surface area (Å²) in [5.74, 6) is 0.